The van der Waals surface area contributed by atoms with Crippen LogP contribution >= 0.6 is 11.3 Å². The van der Waals surface area contributed by atoms with Crippen molar-refractivity contribution in [2.24, 2.45) is 5.73 Å². The number of carbonyl (C=O) groups excluding carboxylic acids is 2. The third-order valence-electron chi connectivity index (χ3n) is 3.10. The first-order valence-corrected chi connectivity index (χ1v) is 8.25. The lowest BCUT2D eigenvalue weighted by atomic mass is 10.1. The van der Waals surface area contributed by atoms with Crippen molar-refractivity contribution in [2.45, 2.75) is 19.8 Å². The second-order valence-corrected chi connectivity index (χ2v) is 6.16. The lowest BCUT2D eigenvalue weighted by Gasteiger charge is -2.10. The van der Waals surface area contributed by atoms with Crippen molar-refractivity contribution in [3.05, 3.63) is 45.9 Å². The van der Waals surface area contributed by atoms with Crippen LogP contribution in [0.25, 0.3) is 0 Å². The summed E-state index contributed by atoms with van der Waals surface area (Å²) in [6.45, 7) is 4.79. The Morgan fingerprint density at radius 3 is 2.65 bits per heavy atom. The first-order chi connectivity index (χ1) is 11.0. The highest BCUT2D eigenvalue weighted by atomic mass is 32.1. The number of amides is 2. The van der Waals surface area contributed by atoms with E-state index in [0.717, 1.165) is 5.01 Å². The highest BCUT2D eigenvalue weighted by Crippen LogP contribution is 2.21. The van der Waals surface area contributed by atoms with Crippen molar-refractivity contribution >= 4 is 28.8 Å². The van der Waals surface area contributed by atoms with Gasteiger partial charge in [0.1, 0.15) is 5.69 Å². The van der Waals surface area contributed by atoms with Gasteiger partial charge in [0.25, 0.3) is 11.8 Å². The average Bonchev–Trinajstić information content (AvgIpc) is 3.03. The molecule has 1 aromatic carbocycles. The minimum atomic E-state index is -0.327. The summed E-state index contributed by atoms with van der Waals surface area (Å²) in [7, 11) is 0. The average molecular weight is 332 g/mol. The van der Waals surface area contributed by atoms with Crippen molar-refractivity contribution in [1.29, 1.82) is 0 Å². The number of rotatable bonds is 6. The fraction of sp³-hybridized carbons (Fsp3) is 0.312. The van der Waals surface area contributed by atoms with Gasteiger partial charge in [-0.2, -0.15) is 0 Å². The molecule has 0 aliphatic heterocycles. The molecule has 2 amide bonds. The molecule has 0 atom stereocenters. The number of hydrogen-bond donors (Lipinski definition) is 3. The zero-order valence-corrected chi connectivity index (χ0v) is 13.9. The van der Waals surface area contributed by atoms with E-state index in [0.29, 0.717) is 30.0 Å². The number of aromatic nitrogens is 1. The number of nitrogens with two attached hydrogens (primary N) is 1. The highest BCUT2D eigenvalue weighted by molar-refractivity contribution is 7.09. The Hall–Kier alpha value is -2.25. The van der Waals surface area contributed by atoms with Crippen LogP contribution in [0.3, 0.4) is 0 Å². The number of anilines is 1. The number of thiazole rings is 1. The van der Waals surface area contributed by atoms with Gasteiger partial charge in [-0.3, -0.25) is 9.59 Å². The number of para-hydroxylation sites is 1. The van der Waals surface area contributed by atoms with Crippen molar-refractivity contribution in [1.82, 2.24) is 10.3 Å². The van der Waals surface area contributed by atoms with E-state index in [2.05, 4.69) is 15.6 Å². The van der Waals surface area contributed by atoms with Gasteiger partial charge in [-0.15, -0.1) is 11.3 Å². The number of nitrogens with zero attached hydrogens (tertiary/aromatic N) is 1. The second-order valence-electron chi connectivity index (χ2n) is 5.27. The first kappa shape index (κ1) is 17.1. The first-order valence-electron chi connectivity index (χ1n) is 7.37. The molecule has 2 rings (SSSR count). The Balaban J connectivity index is 2.15. The zero-order chi connectivity index (χ0) is 16.8. The van der Waals surface area contributed by atoms with E-state index in [1.807, 2.05) is 13.8 Å². The summed E-state index contributed by atoms with van der Waals surface area (Å²) in [5, 5.41) is 8.07. The Morgan fingerprint density at radius 1 is 1.26 bits per heavy atom. The Kier molecular flexibility index (Phi) is 5.84. The van der Waals surface area contributed by atoms with E-state index in [1.54, 1.807) is 29.6 Å². The van der Waals surface area contributed by atoms with Crippen LogP contribution < -0.4 is 16.4 Å². The molecule has 0 saturated heterocycles. The molecule has 6 nitrogen and oxygen atoms in total. The van der Waals surface area contributed by atoms with Gasteiger partial charge >= 0.3 is 0 Å². The van der Waals surface area contributed by atoms with Crippen LogP contribution in [0.15, 0.2) is 29.6 Å². The molecule has 1 heterocycles. The summed E-state index contributed by atoms with van der Waals surface area (Å²) in [4.78, 5) is 28.7. The third-order valence-corrected chi connectivity index (χ3v) is 4.24. The number of nitrogens with one attached hydrogen (secondary N) is 2. The summed E-state index contributed by atoms with van der Waals surface area (Å²) in [6.07, 6.45) is 0. The molecule has 0 unspecified atom stereocenters. The third kappa shape index (κ3) is 4.37. The molecule has 0 fully saturated rings. The molecule has 0 radical (unpaired) electrons. The second kappa shape index (κ2) is 7.85. The molecule has 7 heteroatoms. The molecule has 0 bridgehead atoms. The van der Waals surface area contributed by atoms with E-state index in [1.165, 1.54) is 11.3 Å². The van der Waals surface area contributed by atoms with Crippen LogP contribution in [-0.2, 0) is 0 Å². The number of hydrogen-bond acceptors (Lipinski definition) is 5. The van der Waals surface area contributed by atoms with Crippen molar-refractivity contribution < 1.29 is 9.59 Å². The lowest BCUT2D eigenvalue weighted by molar-refractivity contribution is 0.0955. The molecule has 0 aliphatic rings. The molecule has 0 aliphatic carbocycles. The fourth-order valence-electron chi connectivity index (χ4n) is 1.91. The normalized spacial score (nSPS) is 10.6. The molecular formula is C16H20N4O2S. The SMILES string of the molecule is CC(C)c1nc(C(=O)Nc2ccccc2C(=O)NCCN)cs1. The maximum Gasteiger partial charge on any atom is 0.275 e. The molecule has 2 aromatic rings. The topological polar surface area (TPSA) is 97.1 Å². The van der Waals surface area contributed by atoms with Crippen molar-refractivity contribution in [2.75, 3.05) is 18.4 Å². The smallest absolute Gasteiger partial charge is 0.275 e. The van der Waals surface area contributed by atoms with Crippen LogP contribution in [0.2, 0.25) is 0 Å². The molecular weight excluding hydrogens is 312 g/mol. The van der Waals surface area contributed by atoms with Gasteiger partial charge in [0, 0.05) is 24.4 Å². The van der Waals surface area contributed by atoms with Gasteiger partial charge in [-0.05, 0) is 12.1 Å². The minimum absolute atomic E-state index is 0.271. The predicted molar refractivity (Wildman–Crippen MR) is 92.0 cm³/mol. The Labute approximate surface area is 139 Å². The quantitative estimate of drug-likeness (QED) is 0.755. The van der Waals surface area contributed by atoms with Gasteiger partial charge < -0.3 is 16.4 Å². The van der Waals surface area contributed by atoms with Crippen molar-refractivity contribution in [3.63, 3.8) is 0 Å². The zero-order valence-electron chi connectivity index (χ0n) is 13.1. The molecule has 0 saturated carbocycles. The minimum Gasteiger partial charge on any atom is -0.351 e. The standard InChI is InChI=1S/C16H20N4O2S/c1-10(2)16-20-13(9-23-16)15(22)19-12-6-4-3-5-11(12)14(21)18-8-7-17/h3-6,9-10H,7-8,17H2,1-2H3,(H,18,21)(H,19,22). The van der Waals surface area contributed by atoms with Crippen LogP contribution in [0.5, 0.6) is 0 Å². The predicted octanol–water partition coefficient (Wildman–Crippen LogP) is 2.21. The van der Waals surface area contributed by atoms with Crippen LogP contribution in [0.1, 0.15) is 45.6 Å². The maximum absolute atomic E-state index is 12.3. The van der Waals surface area contributed by atoms with E-state index < -0.39 is 0 Å². The van der Waals surface area contributed by atoms with E-state index in [4.69, 9.17) is 5.73 Å². The van der Waals surface area contributed by atoms with Gasteiger partial charge in [0.15, 0.2) is 0 Å². The number of benzene rings is 1. The van der Waals surface area contributed by atoms with Crippen LogP contribution in [-0.4, -0.2) is 29.9 Å². The lowest BCUT2D eigenvalue weighted by Crippen LogP contribution is -2.30. The van der Waals surface area contributed by atoms with Crippen LogP contribution in [0, 0.1) is 0 Å². The van der Waals surface area contributed by atoms with Gasteiger partial charge in [0.05, 0.1) is 16.3 Å². The molecule has 1 aromatic heterocycles. The van der Waals surface area contributed by atoms with E-state index in [-0.39, 0.29) is 17.7 Å². The van der Waals surface area contributed by atoms with Crippen molar-refractivity contribution in [3.8, 4) is 0 Å². The fourth-order valence-corrected chi connectivity index (χ4v) is 2.73. The summed E-state index contributed by atoms with van der Waals surface area (Å²) in [6, 6.07) is 6.84. The van der Waals surface area contributed by atoms with Crippen LogP contribution in [0.4, 0.5) is 5.69 Å². The van der Waals surface area contributed by atoms with E-state index >= 15 is 0 Å². The Bertz CT molecular complexity index is 697. The summed E-state index contributed by atoms with van der Waals surface area (Å²) in [5.41, 5.74) is 6.59. The monoisotopic (exact) mass is 332 g/mol. The van der Waals surface area contributed by atoms with E-state index in [9.17, 15) is 9.59 Å². The maximum atomic E-state index is 12.3. The largest absolute Gasteiger partial charge is 0.351 e. The summed E-state index contributed by atoms with van der Waals surface area (Å²) < 4.78 is 0. The van der Waals surface area contributed by atoms with Gasteiger partial charge in [0.2, 0.25) is 0 Å². The molecule has 122 valence electrons. The summed E-state index contributed by atoms with van der Waals surface area (Å²) in [5.74, 6) is -0.324. The highest BCUT2D eigenvalue weighted by Gasteiger charge is 2.16. The number of carbonyl (C=O) groups is 2. The Morgan fingerprint density at radius 2 is 2.00 bits per heavy atom. The molecule has 0 spiro atoms. The molecule has 23 heavy (non-hydrogen) atoms. The van der Waals surface area contributed by atoms with Gasteiger partial charge in [-0.25, -0.2) is 4.98 Å². The molecule has 4 N–H and O–H groups in total. The van der Waals surface area contributed by atoms with Gasteiger partial charge in [-0.1, -0.05) is 26.0 Å². The summed E-state index contributed by atoms with van der Waals surface area (Å²) >= 11 is 1.45.